The van der Waals surface area contributed by atoms with E-state index in [2.05, 4.69) is 16.7 Å². The summed E-state index contributed by atoms with van der Waals surface area (Å²) in [7, 11) is 0. The van der Waals surface area contributed by atoms with Crippen LogP contribution in [0, 0.1) is 26.3 Å². The molecule has 0 heterocycles. The van der Waals surface area contributed by atoms with E-state index in [1.807, 2.05) is 6.07 Å². The predicted octanol–water partition coefficient (Wildman–Crippen LogP) is 2.88. The number of ether oxygens (including phenoxy) is 1. The number of alkyl carbamates (subject to hydrolysis) is 1. The Kier molecular flexibility index (Phi) is 9.27. The summed E-state index contributed by atoms with van der Waals surface area (Å²) >= 11 is 0. The van der Waals surface area contributed by atoms with Crippen molar-refractivity contribution < 1.29 is 29.0 Å². The molecule has 2 aromatic rings. The SMILES string of the molecule is C#CN(C(=O)C(CC(N)=O)NC(=O)OC(C)(C)C)C(C(=O)Nc1c(C)cccc1C)c1ccccc1O. The number of carbonyl (C=O) groups excluding carboxylic acids is 4. The number of primary amides is 1. The highest BCUT2D eigenvalue weighted by Crippen LogP contribution is 2.31. The van der Waals surface area contributed by atoms with Crippen molar-refractivity contribution in [2.45, 2.75) is 58.7 Å². The van der Waals surface area contributed by atoms with Gasteiger partial charge in [-0.25, -0.2) is 4.79 Å². The van der Waals surface area contributed by atoms with Crippen LogP contribution in [0.5, 0.6) is 5.75 Å². The first-order valence-electron chi connectivity index (χ1n) is 11.5. The number of aryl methyl sites for hydroxylation is 2. The molecular weight excluding hydrogens is 476 g/mol. The highest BCUT2D eigenvalue weighted by molar-refractivity contribution is 6.01. The zero-order valence-corrected chi connectivity index (χ0v) is 21.5. The summed E-state index contributed by atoms with van der Waals surface area (Å²) < 4.78 is 5.19. The monoisotopic (exact) mass is 508 g/mol. The lowest BCUT2D eigenvalue weighted by Gasteiger charge is -2.30. The molecule has 0 aliphatic heterocycles. The number of carbonyl (C=O) groups is 4. The van der Waals surface area contributed by atoms with E-state index < -0.39 is 47.9 Å². The normalized spacial score (nSPS) is 12.4. The number of phenolic OH excluding ortho intramolecular Hbond substituents is 1. The molecule has 4 amide bonds. The number of para-hydroxylation sites is 2. The fraction of sp³-hybridized carbons (Fsp3) is 0.333. The van der Waals surface area contributed by atoms with Crippen LogP contribution >= 0.6 is 0 Å². The van der Waals surface area contributed by atoms with Gasteiger partial charge in [0.15, 0.2) is 6.04 Å². The Hall–Kier alpha value is -4.52. The van der Waals surface area contributed by atoms with E-state index in [1.54, 1.807) is 58.9 Å². The van der Waals surface area contributed by atoms with Crippen molar-refractivity contribution in [3.8, 4) is 18.2 Å². The largest absolute Gasteiger partial charge is 0.508 e. The molecule has 37 heavy (non-hydrogen) atoms. The third-order valence-electron chi connectivity index (χ3n) is 5.24. The molecule has 10 heteroatoms. The second kappa shape index (κ2) is 11.9. The van der Waals surface area contributed by atoms with Crippen molar-refractivity contribution in [3.63, 3.8) is 0 Å². The molecule has 2 unspecified atom stereocenters. The molecule has 0 aromatic heterocycles. The first kappa shape index (κ1) is 28.7. The summed E-state index contributed by atoms with van der Waals surface area (Å²) in [6, 6.07) is 10.4. The fourth-order valence-electron chi connectivity index (χ4n) is 3.60. The van der Waals surface area contributed by atoms with Gasteiger partial charge in [0.2, 0.25) is 5.91 Å². The molecule has 2 atom stereocenters. The third-order valence-corrected chi connectivity index (χ3v) is 5.24. The van der Waals surface area contributed by atoms with Crippen LogP contribution in [0.3, 0.4) is 0 Å². The molecule has 5 N–H and O–H groups in total. The lowest BCUT2D eigenvalue weighted by atomic mass is 10.0. The van der Waals surface area contributed by atoms with E-state index in [-0.39, 0.29) is 11.3 Å². The van der Waals surface area contributed by atoms with Gasteiger partial charge in [-0.05, 0) is 51.8 Å². The zero-order valence-electron chi connectivity index (χ0n) is 21.5. The van der Waals surface area contributed by atoms with Crippen LogP contribution < -0.4 is 16.4 Å². The van der Waals surface area contributed by atoms with Gasteiger partial charge in [-0.2, -0.15) is 0 Å². The molecule has 0 bridgehead atoms. The van der Waals surface area contributed by atoms with Crippen molar-refractivity contribution in [1.82, 2.24) is 10.2 Å². The maximum absolute atomic E-state index is 13.6. The number of hydrogen-bond acceptors (Lipinski definition) is 6. The third kappa shape index (κ3) is 7.73. The Morgan fingerprint density at radius 3 is 2.19 bits per heavy atom. The Morgan fingerprint density at radius 1 is 1.08 bits per heavy atom. The fourth-order valence-corrected chi connectivity index (χ4v) is 3.60. The molecule has 0 spiro atoms. The van der Waals surface area contributed by atoms with Crippen LogP contribution in [0.1, 0.15) is 49.9 Å². The molecule has 196 valence electrons. The van der Waals surface area contributed by atoms with Gasteiger partial charge in [0, 0.05) is 17.3 Å². The highest BCUT2D eigenvalue weighted by Gasteiger charge is 2.38. The number of terminal acetylenes is 1. The molecule has 2 aromatic carbocycles. The molecule has 0 aliphatic rings. The molecule has 0 radical (unpaired) electrons. The van der Waals surface area contributed by atoms with E-state index in [1.165, 1.54) is 12.1 Å². The number of nitrogens with one attached hydrogen (secondary N) is 2. The molecule has 0 saturated heterocycles. The minimum atomic E-state index is -1.54. The van der Waals surface area contributed by atoms with Crippen molar-refractivity contribution in [2.75, 3.05) is 5.32 Å². The van der Waals surface area contributed by atoms with Gasteiger partial charge in [-0.1, -0.05) is 42.8 Å². The van der Waals surface area contributed by atoms with Gasteiger partial charge in [0.05, 0.1) is 6.42 Å². The lowest BCUT2D eigenvalue weighted by Crippen LogP contribution is -2.52. The number of amides is 4. The van der Waals surface area contributed by atoms with Crippen molar-refractivity contribution in [3.05, 3.63) is 59.2 Å². The number of hydrogen-bond donors (Lipinski definition) is 4. The maximum Gasteiger partial charge on any atom is 0.408 e. The van der Waals surface area contributed by atoms with Crippen LogP contribution in [0.15, 0.2) is 42.5 Å². The van der Waals surface area contributed by atoms with Gasteiger partial charge in [-0.15, -0.1) is 0 Å². The van der Waals surface area contributed by atoms with Crippen LogP contribution in [-0.2, 0) is 19.1 Å². The second-order valence-electron chi connectivity index (χ2n) is 9.42. The quantitative estimate of drug-likeness (QED) is 0.318. The van der Waals surface area contributed by atoms with Gasteiger partial charge >= 0.3 is 6.09 Å². The molecule has 10 nitrogen and oxygen atoms in total. The van der Waals surface area contributed by atoms with Gasteiger partial charge < -0.3 is 26.2 Å². The van der Waals surface area contributed by atoms with Crippen molar-refractivity contribution in [2.24, 2.45) is 5.73 Å². The van der Waals surface area contributed by atoms with E-state index >= 15 is 0 Å². The summed E-state index contributed by atoms with van der Waals surface area (Å²) in [4.78, 5) is 52.0. The molecule has 0 saturated carbocycles. The Morgan fingerprint density at radius 2 is 1.68 bits per heavy atom. The van der Waals surface area contributed by atoms with E-state index in [0.717, 1.165) is 11.1 Å². The number of phenols is 1. The van der Waals surface area contributed by atoms with Crippen molar-refractivity contribution in [1.29, 1.82) is 0 Å². The zero-order chi connectivity index (χ0) is 27.9. The number of nitrogens with zero attached hydrogens (tertiary/aromatic N) is 1. The number of anilines is 1. The van der Waals surface area contributed by atoms with Crippen LogP contribution in [-0.4, -0.2) is 45.5 Å². The molecular formula is C27H32N4O6. The van der Waals surface area contributed by atoms with Gasteiger partial charge in [0.25, 0.3) is 11.8 Å². The van der Waals surface area contributed by atoms with E-state index in [4.69, 9.17) is 16.9 Å². The van der Waals surface area contributed by atoms with Gasteiger partial charge in [0.1, 0.15) is 17.4 Å². The lowest BCUT2D eigenvalue weighted by molar-refractivity contribution is -0.138. The Labute approximate surface area is 216 Å². The Balaban J connectivity index is 2.53. The van der Waals surface area contributed by atoms with Crippen LogP contribution in [0.2, 0.25) is 0 Å². The molecule has 2 rings (SSSR count). The summed E-state index contributed by atoms with van der Waals surface area (Å²) in [5, 5.41) is 15.6. The first-order valence-corrected chi connectivity index (χ1v) is 11.5. The first-order chi connectivity index (χ1) is 17.2. The predicted molar refractivity (Wildman–Crippen MR) is 138 cm³/mol. The second-order valence-corrected chi connectivity index (χ2v) is 9.42. The van der Waals surface area contributed by atoms with Gasteiger partial charge in [-0.3, -0.25) is 19.3 Å². The summed E-state index contributed by atoms with van der Waals surface area (Å²) in [5.74, 6) is -2.88. The van der Waals surface area contributed by atoms with Crippen LogP contribution in [0.25, 0.3) is 0 Å². The van der Waals surface area contributed by atoms with Crippen LogP contribution in [0.4, 0.5) is 10.5 Å². The summed E-state index contributed by atoms with van der Waals surface area (Å²) in [5.41, 5.74) is 6.50. The average Bonchev–Trinajstić information content (AvgIpc) is 2.78. The smallest absolute Gasteiger partial charge is 0.408 e. The maximum atomic E-state index is 13.6. The van der Waals surface area contributed by atoms with Crippen molar-refractivity contribution >= 4 is 29.5 Å². The average molecular weight is 509 g/mol. The topological polar surface area (TPSA) is 151 Å². The van der Waals surface area contributed by atoms with E-state index in [9.17, 15) is 24.3 Å². The summed E-state index contributed by atoms with van der Waals surface area (Å²) in [6.45, 7) is 8.47. The number of aromatic hydroxyl groups is 1. The van der Waals surface area contributed by atoms with E-state index in [0.29, 0.717) is 10.6 Å². The standard InChI is InChI=1S/C27H32N4O6/c1-7-31(25(35)19(15-21(28)33)29-26(36)37-27(4,5)6)23(18-13-8-9-14-20(18)32)24(34)30-22-16(2)11-10-12-17(22)3/h1,8-14,19,23,32H,15H2,2-6H3,(H2,28,33)(H,29,36)(H,30,34). The number of benzene rings is 2. The molecule has 0 fully saturated rings. The number of nitrogens with two attached hydrogens (primary N) is 1. The Bertz CT molecular complexity index is 1210. The highest BCUT2D eigenvalue weighted by atomic mass is 16.6. The summed E-state index contributed by atoms with van der Waals surface area (Å²) in [6.07, 6.45) is 4.10. The number of rotatable bonds is 8. The molecule has 0 aliphatic carbocycles. The minimum Gasteiger partial charge on any atom is -0.508 e. The minimum absolute atomic E-state index is 0.0348.